The molecule has 158 valence electrons. The fourth-order valence-electron chi connectivity index (χ4n) is 3.27. The van der Waals surface area contributed by atoms with Crippen molar-refractivity contribution < 1.29 is 27.8 Å². The predicted molar refractivity (Wildman–Crippen MR) is 108 cm³/mol. The van der Waals surface area contributed by atoms with Crippen LogP contribution in [0.4, 0.5) is 14.5 Å². The van der Waals surface area contributed by atoms with Crippen LogP contribution < -0.4 is 4.90 Å². The monoisotopic (exact) mass is 416 g/mol. The van der Waals surface area contributed by atoms with Gasteiger partial charge in [-0.3, -0.25) is 9.59 Å². The number of carbonyl (C=O) groups excluding carboxylic acids is 2. The van der Waals surface area contributed by atoms with E-state index in [1.54, 1.807) is 35.2 Å². The van der Waals surface area contributed by atoms with E-state index in [9.17, 15) is 18.4 Å². The van der Waals surface area contributed by atoms with Gasteiger partial charge in [0.2, 0.25) is 0 Å². The van der Waals surface area contributed by atoms with E-state index in [4.69, 9.17) is 9.47 Å². The molecule has 0 aromatic heterocycles. The van der Waals surface area contributed by atoms with E-state index < -0.39 is 23.4 Å². The standard InChI is InChI=1S/C22H22F2N2O4/c1-29-12-10-25(11-13-30-2)20-19(15-6-4-3-5-7-15)21(27)26(22(20)28)16-8-9-17(23)18(24)14-16/h3-9,14H,10-13H2,1-2H3. The van der Waals surface area contributed by atoms with Gasteiger partial charge >= 0.3 is 0 Å². The lowest BCUT2D eigenvalue weighted by atomic mass is 10.0. The van der Waals surface area contributed by atoms with Crippen molar-refractivity contribution in [2.75, 3.05) is 45.4 Å². The Morgan fingerprint density at radius 3 is 2.07 bits per heavy atom. The van der Waals surface area contributed by atoms with Crippen LogP contribution in [-0.4, -0.2) is 57.2 Å². The molecule has 30 heavy (non-hydrogen) atoms. The molecule has 0 saturated heterocycles. The Kier molecular flexibility index (Phi) is 6.91. The number of ether oxygens (including phenoxy) is 2. The van der Waals surface area contributed by atoms with Crippen LogP contribution in [0.25, 0.3) is 5.57 Å². The number of nitrogens with zero attached hydrogens (tertiary/aromatic N) is 2. The molecule has 1 aliphatic rings. The summed E-state index contributed by atoms with van der Waals surface area (Å²) in [5.74, 6) is -3.42. The van der Waals surface area contributed by atoms with Crippen molar-refractivity contribution in [2.24, 2.45) is 0 Å². The second-order valence-electron chi connectivity index (χ2n) is 6.61. The topological polar surface area (TPSA) is 59.1 Å². The Hall–Kier alpha value is -3.10. The summed E-state index contributed by atoms with van der Waals surface area (Å²) in [5.41, 5.74) is 0.879. The Morgan fingerprint density at radius 2 is 1.50 bits per heavy atom. The first kappa shape index (κ1) is 21.6. The zero-order chi connectivity index (χ0) is 21.7. The van der Waals surface area contributed by atoms with E-state index in [2.05, 4.69) is 0 Å². The van der Waals surface area contributed by atoms with Crippen molar-refractivity contribution in [2.45, 2.75) is 0 Å². The van der Waals surface area contributed by atoms with Gasteiger partial charge in [-0.2, -0.15) is 0 Å². The smallest absolute Gasteiger partial charge is 0.282 e. The molecule has 1 heterocycles. The van der Waals surface area contributed by atoms with Crippen molar-refractivity contribution in [1.82, 2.24) is 4.90 Å². The largest absolute Gasteiger partial charge is 0.383 e. The molecule has 0 bridgehead atoms. The Morgan fingerprint density at radius 1 is 0.867 bits per heavy atom. The van der Waals surface area contributed by atoms with E-state index in [-0.39, 0.29) is 17.0 Å². The van der Waals surface area contributed by atoms with Crippen LogP contribution in [0.3, 0.4) is 0 Å². The van der Waals surface area contributed by atoms with Crippen LogP contribution in [-0.2, 0) is 19.1 Å². The van der Waals surface area contributed by atoms with Crippen molar-refractivity contribution in [3.63, 3.8) is 0 Å². The van der Waals surface area contributed by atoms with Gasteiger partial charge in [-0.15, -0.1) is 0 Å². The molecular formula is C22H22F2N2O4. The third-order valence-electron chi connectivity index (χ3n) is 4.73. The first-order valence-electron chi connectivity index (χ1n) is 9.36. The number of imide groups is 1. The van der Waals surface area contributed by atoms with E-state index in [1.807, 2.05) is 0 Å². The first-order chi connectivity index (χ1) is 14.5. The molecule has 2 aromatic carbocycles. The summed E-state index contributed by atoms with van der Waals surface area (Å²) < 4.78 is 37.5. The molecule has 2 aromatic rings. The molecule has 0 aliphatic carbocycles. The van der Waals surface area contributed by atoms with E-state index >= 15 is 0 Å². The summed E-state index contributed by atoms with van der Waals surface area (Å²) in [6, 6.07) is 11.7. The molecule has 0 unspecified atom stereocenters. The third-order valence-corrected chi connectivity index (χ3v) is 4.73. The number of amides is 2. The molecular weight excluding hydrogens is 394 g/mol. The maximum Gasteiger partial charge on any atom is 0.282 e. The Labute approximate surface area is 173 Å². The maximum atomic E-state index is 13.8. The van der Waals surface area contributed by atoms with Crippen LogP contribution >= 0.6 is 0 Å². The molecule has 1 aliphatic heterocycles. The fourth-order valence-corrected chi connectivity index (χ4v) is 3.27. The lowest BCUT2D eigenvalue weighted by Crippen LogP contribution is -2.37. The first-order valence-corrected chi connectivity index (χ1v) is 9.36. The van der Waals surface area contributed by atoms with Crippen molar-refractivity contribution in [3.05, 3.63) is 71.4 Å². The molecule has 0 N–H and O–H groups in total. The minimum atomic E-state index is -1.14. The summed E-state index contributed by atoms with van der Waals surface area (Å²) in [7, 11) is 3.08. The normalized spacial score (nSPS) is 14.1. The molecule has 3 rings (SSSR count). The zero-order valence-corrected chi connectivity index (χ0v) is 16.7. The van der Waals surface area contributed by atoms with Gasteiger partial charge in [0.1, 0.15) is 5.70 Å². The van der Waals surface area contributed by atoms with Gasteiger partial charge in [0.15, 0.2) is 11.6 Å². The second-order valence-corrected chi connectivity index (χ2v) is 6.61. The number of rotatable bonds is 9. The summed E-state index contributed by atoms with van der Waals surface area (Å²) >= 11 is 0. The number of hydrogen-bond donors (Lipinski definition) is 0. The predicted octanol–water partition coefficient (Wildman–Crippen LogP) is 2.84. The van der Waals surface area contributed by atoms with Gasteiger partial charge in [-0.25, -0.2) is 13.7 Å². The highest BCUT2D eigenvalue weighted by Gasteiger charge is 2.42. The van der Waals surface area contributed by atoms with Crippen LogP contribution in [0.15, 0.2) is 54.2 Å². The number of methoxy groups -OCH3 is 2. The van der Waals surface area contributed by atoms with Crippen LogP contribution in [0.1, 0.15) is 5.56 Å². The quantitative estimate of drug-likeness (QED) is 0.589. The molecule has 2 amide bonds. The fraction of sp³-hybridized carbons (Fsp3) is 0.273. The molecule has 0 radical (unpaired) electrons. The highest BCUT2D eigenvalue weighted by atomic mass is 19.2. The summed E-state index contributed by atoms with van der Waals surface area (Å²) in [6.07, 6.45) is 0. The highest BCUT2D eigenvalue weighted by Crippen LogP contribution is 2.35. The second kappa shape index (κ2) is 9.60. The molecule has 8 heteroatoms. The maximum absolute atomic E-state index is 13.8. The average molecular weight is 416 g/mol. The summed E-state index contributed by atoms with van der Waals surface area (Å²) in [4.78, 5) is 29.3. The summed E-state index contributed by atoms with van der Waals surface area (Å²) in [5, 5.41) is 0. The van der Waals surface area contributed by atoms with Gasteiger partial charge in [0.25, 0.3) is 11.8 Å². The van der Waals surface area contributed by atoms with E-state index in [1.165, 1.54) is 20.3 Å². The molecule has 0 saturated carbocycles. The number of benzene rings is 2. The Bertz CT molecular complexity index is 955. The van der Waals surface area contributed by atoms with E-state index in [0.717, 1.165) is 17.0 Å². The highest BCUT2D eigenvalue weighted by molar-refractivity contribution is 6.45. The number of carbonyl (C=O) groups is 2. The van der Waals surface area contributed by atoms with E-state index in [0.29, 0.717) is 31.9 Å². The van der Waals surface area contributed by atoms with Gasteiger partial charge < -0.3 is 14.4 Å². The lowest BCUT2D eigenvalue weighted by molar-refractivity contribution is -0.120. The molecule has 6 nitrogen and oxygen atoms in total. The van der Waals surface area contributed by atoms with Crippen molar-refractivity contribution in [1.29, 1.82) is 0 Å². The van der Waals surface area contributed by atoms with Crippen molar-refractivity contribution in [3.8, 4) is 0 Å². The summed E-state index contributed by atoms with van der Waals surface area (Å²) in [6.45, 7) is 1.33. The average Bonchev–Trinajstić information content (AvgIpc) is 3.01. The van der Waals surface area contributed by atoms with Gasteiger partial charge in [-0.1, -0.05) is 30.3 Å². The minimum Gasteiger partial charge on any atom is -0.383 e. The zero-order valence-electron chi connectivity index (χ0n) is 16.7. The number of halogens is 2. The SMILES string of the molecule is COCCN(CCOC)C1=C(c2ccccc2)C(=O)N(c2ccc(F)c(F)c2)C1=O. The number of anilines is 1. The van der Waals surface area contributed by atoms with Gasteiger partial charge in [0, 0.05) is 33.4 Å². The van der Waals surface area contributed by atoms with Crippen LogP contribution in [0.5, 0.6) is 0 Å². The van der Waals surface area contributed by atoms with Crippen LogP contribution in [0.2, 0.25) is 0 Å². The van der Waals surface area contributed by atoms with Crippen LogP contribution in [0, 0.1) is 11.6 Å². The molecule has 0 fully saturated rings. The third kappa shape index (κ3) is 4.24. The van der Waals surface area contributed by atoms with Gasteiger partial charge in [-0.05, 0) is 17.7 Å². The molecule has 0 spiro atoms. The lowest BCUT2D eigenvalue weighted by Gasteiger charge is -2.25. The minimum absolute atomic E-state index is 0.0363. The van der Waals surface area contributed by atoms with Gasteiger partial charge in [0.05, 0.1) is 24.5 Å². The molecule has 0 atom stereocenters. The number of hydrogen-bond acceptors (Lipinski definition) is 5. The van der Waals surface area contributed by atoms with Crippen molar-refractivity contribution >= 4 is 23.1 Å². The Balaban J connectivity index is 2.11.